The van der Waals surface area contributed by atoms with E-state index in [-0.39, 0.29) is 11.9 Å². The second-order valence-corrected chi connectivity index (χ2v) is 5.58. The van der Waals surface area contributed by atoms with Gasteiger partial charge in [-0.1, -0.05) is 6.42 Å². The van der Waals surface area contributed by atoms with Crippen molar-refractivity contribution in [3.05, 3.63) is 0 Å². The Bertz CT molecular complexity index is 283. The highest BCUT2D eigenvalue weighted by atomic mass is 16.5. The summed E-state index contributed by atoms with van der Waals surface area (Å²) >= 11 is 0. The lowest BCUT2D eigenvalue weighted by molar-refractivity contribution is -0.150. The molecule has 0 radical (unpaired) electrons. The van der Waals surface area contributed by atoms with Crippen molar-refractivity contribution in [2.45, 2.75) is 45.1 Å². The Morgan fingerprint density at radius 2 is 2.17 bits per heavy atom. The molecule has 0 aromatic heterocycles. The minimum absolute atomic E-state index is 0.00973. The molecule has 1 saturated carbocycles. The van der Waals surface area contributed by atoms with Crippen LogP contribution in [0.15, 0.2) is 0 Å². The molecule has 1 saturated heterocycles. The first-order valence-electron chi connectivity index (χ1n) is 7.37. The van der Waals surface area contributed by atoms with Gasteiger partial charge in [0.05, 0.1) is 12.5 Å². The third-order valence-corrected chi connectivity index (χ3v) is 4.46. The van der Waals surface area contributed by atoms with Crippen molar-refractivity contribution in [1.82, 2.24) is 4.90 Å². The second kappa shape index (κ2) is 6.53. The van der Waals surface area contributed by atoms with Crippen LogP contribution in [0.5, 0.6) is 0 Å². The van der Waals surface area contributed by atoms with E-state index in [1.807, 2.05) is 6.92 Å². The summed E-state index contributed by atoms with van der Waals surface area (Å²) in [4.78, 5) is 14.3. The van der Waals surface area contributed by atoms with E-state index in [1.54, 1.807) is 0 Å². The van der Waals surface area contributed by atoms with Crippen molar-refractivity contribution in [2.24, 2.45) is 17.6 Å². The number of rotatable bonds is 4. The van der Waals surface area contributed by atoms with Crippen LogP contribution < -0.4 is 5.73 Å². The molecule has 0 aromatic rings. The molecule has 2 fully saturated rings. The summed E-state index contributed by atoms with van der Waals surface area (Å²) < 4.78 is 5.16. The zero-order valence-corrected chi connectivity index (χ0v) is 11.4. The van der Waals surface area contributed by atoms with E-state index >= 15 is 0 Å². The lowest BCUT2D eigenvalue weighted by atomic mass is 9.94. The Morgan fingerprint density at radius 1 is 1.33 bits per heavy atom. The number of hydrogen-bond acceptors (Lipinski definition) is 4. The zero-order valence-electron chi connectivity index (χ0n) is 11.4. The molecule has 1 aliphatic heterocycles. The van der Waals surface area contributed by atoms with Crippen molar-refractivity contribution in [2.75, 3.05) is 26.2 Å². The second-order valence-electron chi connectivity index (χ2n) is 5.58. The third kappa shape index (κ3) is 3.04. The molecule has 104 valence electrons. The Morgan fingerprint density at radius 3 is 2.89 bits per heavy atom. The monoisotopic (exact) mass is 254 g/mol. The van der Waals surface area contributed by atoms with Gasteiger partial charge < -0.3 is 10.5 Å². The molecule has 2 N–H and O–H groups in total. The van der Waals surface area contributed by atoms with E-state index in [0.717, 1.165) is 32.5 Å². The highest BCUT2D eigenvalue weighted by Crippen LogP contribution is 2.32. The number of carbonyl (C=O) groups is 1. The molecule has 4 nitrogen and oxygen atoms in total. The summed E-state index contributed by atoms with van der Waals surface area (Å²) in [6.07, 6.45) is 5.87. The number of piperidine rings is 1. The maximum atomic E-state index is 11.8. The van der Waals surface area contributed by atoms with Crippen molar-refractivity contribution >= 4 is 5.97 Å². The smallest absolute Gasteiger partial charge is 0.310 e. The van der Waals surface area contributed by atoms with Gasteiger partial charge in [-0.3, -0.25) is 9.69 Å². The molecule has 3 unspecified atom stereocenters. The lowest BCUT2D eigenvalue weighted by Gasteiger charge is -2.38. The van der Waals surface area contributed by atoms with Crippen molar-refractivity contribution in [3.63, 3.8) is 0 Å². The fourth-order valence-corrected chi connectivity index (χ4v) is 3.53. The van der Waals surface area contributed by atoms with Crippen LogP contribution in [0.25, 0.3) is 0 Å². The molecule has 0 aromatic carbocycles. The van der Waals surface area contributed by atoms with Crippen LogP contribution in [0.1, 0.15) is 39.0 Å². The quantitative estimate of drug-likeness (QED) is 0.770. The van der Waals surface area contributed by atoms with Crippen molar-refractivity contribution in [1.29, 1.82) is 0 Å². The van der Waals surface area contributed by atoms with Gasteiger partial charge in [-0.05, 0) is 51.6 Å². The Balaban J connectivity index is 1.91. The van der Waals surface area contributed by atoms with E-state index < -0.39 is 0 Å². The van der Waals surface area contributed by atoms with Gasteiger partial charge in [0.1, 0.15) is 0 Å². The maximum Gasteiger partial charge on any atom is 0.310 e. The fraction of sp³-hybridized carbons (Fsp3) is 0.929. The van der Waals surface area contributed by atoms with Crippen LogP contribution in [0, 0.1) is 11.8 Å². The molecule has 1 aliphatic carbocycles. The van der Waals surface area contributed by atoms with Gasteiger partial charge >= 0.3 is 5.97 Å². The average molecular weight is 254 g/mol. The topological polar surface area (TPSA) is 55.6 Å². The Labute approximate surface area is 110 Å². The van der Waals surface area contributed by atoms with Crippen LogP contribution in [0.4, 0.5) is 0 Å². The predicted octanol–water partition coefficient (Wildman–Crippen LogP) is 1.39. The third-order valence-electron chi connectivity index (χ3n) is 4.46. The summed E-state index contributed by atoms with van der Waals surface area (Å²) in [5.41, 5.74) is 5.85. The average Bonchev–Trinajstić information content (AvgIpc) is 2.87. The lowest BCUT2D eigenvalue weighted by Crippen LogP contribution is -2.47. The van der Waals surface area contributed by atoms with Crippen molar-refractivity contribution in [3.8, 4) is 0 Å². The van der Waals surface area contributed by atoms with Gasteiger partial charge in [0.15, 0.2) is 0 Å². The maximum absolute atomic E-state index is 11.8. The molecule has 3 atom stereocenters. The molecule has 0 bridgehead atoms. The Kier molecular flexibility index (Phi) is 5.01. The molecule has 0 spiro atoms. The van der Waals surface area contributed by atoms with E-state index in [9.17, 15) is 4.79 Å². The number of esters is 1. The molecule has 18 heavy (non-hydrogen) atoms. The fourth-order valence-electron chi connectivity index (χ4n) is 3.53. The largest absolute Gasteiger partial charge is 0.466 e. The number of carbonyl (C=O) groups excluding carboxylic acids is 1. The van der Waals surface area contributed by atoms with Gasteiger partial charge in [0.2, 0.25) is 0 Å². The number of hydrogen-bond donors (Lipinski definition) is 1. The molecule has 4 heteroatoms. The first-order chi connectivity index (χ1) is 8.76. The van der Waals surface area contributed by atoms with Crippen LogP contribution in [0.2, 0.25) is 0 Å². The van der Waals surface area contributed by atoms with E-state index in [0.29, 0.717) is 18.6 Å². The summed E-state index contributed by atoms with van der Waals surface area (Å²) in [6.45, 7) is 5.15. The van der Waals surface area contributed by atoms with Gasteiger partial charge in [-0.15, -0.1) is 0 Å². The predicted molar refractivity (Wildman–Crippen MR) is 71.1 cm³/mol. The first kappa shape index (κ1) is 13.8. The van der Waals surface area contributed by atoms with Gasteiger partial charge in [-0.25, -0.2) is 0 Å². The summed E-state index contributed by atoms with van der Waals surface area (Å²) in [7, 11) is 0. The summed E-state index contributed by atoms with van der Waals surface area (Å²) in [6, 6.07) is 0.604. The summed E-state index contributed by atoms with van der Waals surface area (Å²) in [5, 5.41) is 0. The van der Waals surface area contributed by atoms with Crippen LogP contribution in [-0.4, -0.2) is 43.2 Å². The molecule has 1 heterocycles. The Hall–Kier alpha value is -0.610. The molecule has 0 amide bonds. The normalized spacial score (nSPS) is 33.6. The molecule has 2 rings (SSSR count). The minimum Gasteiger partial charge on any atom is -0.466 e. The SMILES string of the molecule is CCOC(=O)C1CCCN(C2CCCC2CN)C1. The molecular formula is C14H26N2O2. The van der Waals surface area contributed by atoms with Crippen LogP contribution in [0.3, 0.4) is 0 Å². The van der Waals surface area contributed by atoms with E-state index in [1.165, 1.54) is 19.3 Å². The van der Waals surface area contributed by atoms with Gasteiger partial charge in [-0.2, -0.15) is 0 Å². The number of ether oxygens (including phenoxy) is 1. The standard InChI is InChI=1S/C14H26N2O2/c1-2-18-14(17)12-6-4-8-16(10-12)13-7-3-5-11(13)9-15/h11-13H,2-10,15H2,1H3. The highest BCUT2D eigenvalue weighted by Gasteiger charge is 2.35. The molecular weight excluding hydrogens is 228 g/mol. The number of nitrogens with zero attached hydrogens (tertiary/aromatic N) is 1. The first-order valence-corrected chi connectivity index (χ1v) is 7.37. The number of nitrogens with two attached hydrogens (primary N) is 1. The molecule has 2 aliphatic rings. The van der Waals surface area contributed by atoms with E-state index in [4.69, 9.17) is 10.5 Å². The van der Waals surface area contributed by atoms with Gasteiger partial charge in [0.25, 0.3) is 0 Å². The van der Waals surface area contributed by atoms with E-state index in [2.05, 4.69) is 4.90 Å². The van der Waals surface area contributed by atoms with Gasteiger partial charge in [0, 0.05) is 12.6 Å². The minimum atomic E-state index is -0.00973. The van der Waals surface area contributed by atoms with Crippen LogP contribution >= 0.6 is 0 Å². The zero-order chi connectivity index (χ0) is 13.0. The number of likely N-dealkylation sites (tertiary alicyclic amines) is 1. The summed E-state index contributed by atoms with van der Waals surface area (Å²) in [5.74, 6) is 0.702. The van der Waals surface area contributed by atoms with Crippen molar-refractivity contribution < 1.29 is 9.53 Å². The highest BCUT2D eigenvalue weighted by molar-refractivity contribution is 5.72. The van der Waals surface area contributed by atoms with Crippen LogP contribution in [-0.2, 0) is 9.53 Å².